The van der Waals surface area contributed by atoms with E-state index in [9.17, 15) is 4.79 Å². The van der Waals surface area contributed by atoms with Crippen molar-refractivity contribution in [3.05, 3.63) is 0 Å². The van der Waals surface area contributed by atoms with Gasteiger partial charge in [-0.3, -0.25) is 10.1 Å². The minimum Gasteiger partial charge on any atom is -0.326 e. The lowest BCUT2D eigenvalue weighted by atomic mass is 10.0. The number of hydrogen-bond donors (Lipinski definition) is 1. The highest BCUT2D eigenvalue weighted by Gasteiger charge is 2.38. The zero-order chi connectivity index (χ0) is 15.1. The zero-order valence-electron chi connectivity index (χ0n) is 14.1. The third-order valence-electron chi connectivity index (χ3n) is 4.01. The molecule has 0 aromatic heterocycles. The van der Waals surface area contributed by atoms with Crippen LogP contribution in [0, 0.1) is 11.8 Å². The molecule has 1 fully saturated rings. The standard InChI is InChI=1S/C17H34N2O/c1-6-7-8-9-10-19-16(12-14(4)5)18-15(17(19)20)11-13(2)3/h13-16,18H,6-12H2,1-5H3. The van der Waals surface area contributed by atoms with Crippen LogP contribution in [0.15, 0.2) is 0 Å². The fraction of sp³-hybridized carbons (Fsp3) is 0.941. The summed E-state index contributed by atoms with van der Waals surface area (Å²) in [6, 6.07) is 0.0462. The Bertz CT molecular complexity index is 289. The normalized spacial score (nSPS) is 23.4. The third kappa shape index (κ3) is 5.43. The van der Waals surface area contributed by atoms with E-state index in [0.717, 1.165) is 25.8 Å². The molecule has 0 aromatic rings. The lowest BCUT2D eigenvalue weighted by Gasteiger charge is -2.25. The number of amides is 1. The van der Waals surface area contributed by atoms with Crippen LogP contribution in [0.25, 0.3) is 0 Å². The number of nitrogens with one attached hydrogen (secondary N) is 1. The second kappa shape index (κ2) is 8.66. The maximum absolute atomic E-state index is 12.6. The smallest absolute Gasteiger partial charge is 0.241 e. The molecule has 0 aromatic carbocycles. The molecule has 1 aliphatic rings. The van der Waals surface area contributed by atoms with Crippen molar-refractivity contribution in [3.8, 4) is 0 Å². The molecule has 0 radical (unpaired) electrons. The summed E-state index contributed by atoms with van der Waals surface area (Å²) in [5, 5.41) is 3.57. The molecule has 1 amide bonds. The number of carbonyl (C=O) groups is 1. The highest BCUT2D eigenvalue weighted by Crippen LogP contribution is 2.22. The van der Waals surface area contributed by atoms with Crippen LogP contribution in [0.5, 0.6) is 0 Å². The molecular weight excluding hydrogens is 248 g/mol. The van der Waals surface area contributed by atoms with Gasteiger partial charge < -0.3 is 4.90 Å². The molecule has 3 heteroatoms. The van der Waals surface area contributed by atoms with E-state index < -0.39 is 0 Å². The van der Waals surface area contributed by atoms with E-state index >= 15 is 0 Å². The van der Waals surface area contributed by atoms with Crippen molar-refractivity contribution in [2.75, 3.05) is 6.54 Å². The first-order valence-corrected chi connectivity index (χ1v) is 8.52. The van der Waals surface area contributed by atoms with Gasteiger partial charge in [-0.25, -0.2) is 0 Å². The average molecular weight is 282 g/mol. The molecule has 118 valence electrons. The molecule has 1 saturated heterocycles. The second-order valence-corrected chi connectivity index (χ2v) is 7.09. The van der Waals surface area contributed by atoms with Crippen molar-refractivity contribution in [2.45, 2.75) is 85.4 Å². The number of carbonyl (C=O) groups excluding carboxylic acids is 1. The van der Waals surface area contributed by atoms with Gasteiger partial charge in [0.05, 0.1) is 12.2 Å². The van der Waals surface area contributed by atoms with Crippen molar-refractivity contribution in [1.29, 1.82) is 0 Å². The van der Waals surface area contributed by atoms with E-state index in [4.69, 9.17) is 0 Å². The molecule has 2 atom stereocenters. The van der Waals surface area contributed by atoms with Gasteiger partial charge in [-0.1, -0.05) is 53.9 Å². The summed E-state index contributed by atoms with van der Waals surface area (Å²) in [5.74, 6) is 1.52. The van der Waals surface area contributed by atoms with Crippen LogP contribution in [-0.4, -0.2) is 29.6 Å². The lowest BCUT2D eigenvalue weighted by Crippen LogP contribution is -2.39. The van der Waals surface area contributed by atoms with Crippen LogP contribution in [0.4, 0.5) is 0 Å². The molecule has 20 heavy (non-hydrogen) atoms. The summed E-state index contributed by atoms with van der Waals surface area (Å²) < 4.78 is 0. The summed E-state index contributed by atoms with van der Waals surface area (Å²) in [5.41, 5.74) is 0. The van der Waals surface area contributed by atoms with E-state index in [1.807, 2.05) is 0 Å². The fourth-order valence-electron chi connectivity index (χ4n) is 3.00. The highest BCUT2D eigenvalue weighted by molar-refractivity contribution is 5.84. The predicted molar refractivity (Wildman–Crippen MR) is 85.5 cm³/mol. The van der Waals surface area contributed by atoms with Gasteiger partial charge in [0.1, 0.15) is 0 Å². The Kier molecular flexibility index (Phi) is 7.57. The molecule has 0 aliphatic carbocycles. The zero-order valence-corrected chi connectivity index (χ0v) is 14.1. The Morgan fingerprint density at radius 2 is 1.70 bits per heavy atom. The number of hydrogen-bond acceptors (Lipinski definition) is 2. The Morgan fingerprint density at radius 1 is 1.05 bits per heavy atom. The van der Waals surface area contributed by atoms with Crippen molar-refractivity contribution >= 4 is 5.91 Å². The Hall–Kier alpha value is -0.570. The number of nitrogens with zero attached hydrogens (tertiary/aromatic N) is 1. The van der Waals surface area contributed by atoms with Crippen molar-refractivity contribution in [1.82, 2.24) is 10.2 Å². The van der Waals surface area contributed by atoms with Gasteiger partial charge in [-0.2, -0.15) is 0 Å². The minimum atomic E-state index is 0.0462. The van der Waals surface area contributed by atoms with Gasteiger partial charge in [0, 0.05) is 6.54 Å². The summed E-state index contributed by atoms with van der Waals surface area (Å²) in [6.45, 7) is 12.0. The topological polar surface area (TPSA) is 32.3 Å². The fourth-order valence-corrected chi connectivity index (χ4v) is 3.00. The molecular formula is C17H34N2O. The molecule has 1 N–H and O–H groups in total. The summed E-state index contributed by atoms with van der Waals surface area (Å²) in [7, 11) is 0. The lowest BCUT2D eigenvalue weighted by molar-refractivity contribution is -0.130. The van der Waals surface area contributed by atoms with Crippen LogP contribution >= 0.6 is 0 Å². The highest BCUT2D eigenvalue weighted by atomic mass is 16.2. The van der Waals surface area contributed by atoms with Gasteiger partial charge in [-0.15, -0.1) is 0 Å². The first kappa shape index (κ1) is 17.5. The van der Waals surface area contributed by atoms with E-state index in [1.165, 1.54) is 19.3 Å². The van der Waals surface area contributed by atoms with Crippen molar-refractivity contribution < 1.29 is 4.79 Å². The molecule has 2 unspecified atom stereocenters. The molecule has 0 spiro atoms. The molecule has 1 heterocycles. The Balaban J connectivity index is 2.57. The predicted octanol–water partition coefficient (Wildman–Crippen LogP) is 3.79. The van der Waals surface area contributed by atoms with Crippen LogP contribution < -0.4 is 5.32 Å². The van der Waals surface area contributed by atoms with Crippen LogP contribution in [0.2, 0.25) is 0 Å². The summed E-state index contributed by atoms with van der Waals surface area (Å²) in [6.07, 6.45) is 7.19. The van der Waals surface area contributed by atoms with E-state index in [-0.39, 0.29) is 12.2 Å². The van der Waals surface area contributed by atoms with Crippen LogP contribution in [0.1, 0.15) is 73.1 Å². The number of unbranched alkanes of at least 4 members (excludes halogenated alkanes) is 3. The van der Waals surface area contributed by atoms with E-state index in [0.29, 0.717) is 17.7 Å². The van der Waals surface area contributed by atoms with Crippen molar-refractivity contribution in [3.63, 3.8) is 0 Å². The van der Waals surface area contributed by atoms with Gasteiger partial charge in [-0.05, 0) is 31.1 Å². The van der Waals surface area contributed by atoms with Crippen LogP contribution in [0.3, 0.4) is 0 Å². The van der Waals surface area contributed by atoms with Crippen molar-refractivity contribution in [2.24, 2.45) is 11.8 Å². The van der Waals surface area contributed by atoms with E-state index in [1.54, 1.807) is 0 Å². The second-order valence-electron chi connectivity index (χ2n) is 7.09. The quantitative estimate of drug-likeness (QED) is 0.653. The molecule has 0 bridgehead atoms. The average Bonchev–Trinajstić information content (AvgIpc) is 2.61. The summed E-state index contributed by atoms with van der Waals surface area (Å²) >= 11 is 0. The minimum absolute atomic E-state index is 0.0462. The first-order valence-electron chi connectivity index (χ1n) is 8.52. The maximum Gasteiger partial charge on any atom is 0.241 e. The molecule has 1 rings (SSSR count). The van der Waals surface area contributed by atoms with Gasteiger partial charge in [0.25, 0.3) is 0 Å². The maximum atomic E-state index is 12.6. The largest absolute Gasteiger partial charge is 0.326 e. The molecule has 3 nitrogen and oxygen atoms in total. The summed E-state index contributed by atoms with van der Waals surface area (Å²) in [4.78, 5) is 14.7. The number of rotatable bonds is 9. The van der Waals surface area contributed by atoms with Crippen LogP contribution in [-0.2, 0) is 4.79 Å². The first-order chi connectivity index (χ1) is 9.45. The van der Waals surface area contributed by atoms with Gasteiger partial charge in [0.15, 0.2) is 0 Å². The van der Waals surface area contributed by atoms with Gasteiger partial charge in [0.2, 0.25) is 5.91 Å². The Labute approximate surface area is 125 Å². The molecule has 0 saturated carbocycles. The van der Waals surface area contributed by atoms with Gasteiger partial charge >= 0.3 is 0 Å². The SMILES string of the molecule is CCCCCCN1C(=O)C(CC(C)C)NC1CC(C)C. The monoisotopic (exact) mass is 282 g/mol. The molecule has 1 aliphatic heterocycles. The Morgan fingerprint density at radius 3 is 2.25 bits per heavy atom. The van der Waals surface area contributed by atoms with E-state index in [2.05, 4.69) is 44.8 Å². The third-order valence-corrected chi connectivity index (χ3v) is 4.01.